The second kappa shape index (κ2) is 8.54. The van der Waals surface area contributed by atoms with Gasteiger partial charge in [-0.3, -0.25) is 19.2 Å². The fourth-order valence-electron chi connectivity index (χ4n) is 2.53. The van der Waals surface area contributed by atoms with Gasteiger partial charge in [-0.05, 0) is 40.0 Å². The molecule has 2 aromatic rings. The van der Waals surface area contributed by atoms with Crippen molar-refractivity contribution in [2.75, 3.05) is 25.5 Å². The number of aryl methyl sites for hydroxylation is 1. The third-order valence-electron chi connectivity index (χ3n) is 3.63. The molecule has 0 spiro atoms. The molecule has 27 heavy (non-hydrogen) atoms. The summed E-state index contributed by atoms with van der Waals surface area (Å²) in [5.74, 6) is 0.243. The lowest BCUT2D eigenvalue weighted by atomic mass is 10.1. The van der Waals surface area contributed by atoms with Crippen LogP contribution >= 0.6 is 11.6 Å². The van der Waals surface area contributed by atoms with Crippen molar-refractivity contribution < 1.29 is 9.59 Å². The molecule has 0 unspecified atom stereocenters. The zero-order valence-corrected chi connectivity index (χ0v) is 17.1. The molecule has 0 aliphatic carbocycles. The lowest BCUT2D eigenvalue weighted by Gasteiger charge is -2.23. The fourth-order valence-corrected chi connectivity index (χ4v) is 2.66. The predicted molar refractivity (Wildman–Crippen MR) is 108 cm³/mol. The molecular weight excluding hydrogens is 366 g/mol. The van der Waals surface area contributed by atoms with E-state index in [-0.39, 0.29) is 30.4 Å². The molecule has 0 atom stereocenters. The molecule has 1 aromatic heterocycles. The molecule has 0 saturated carbocycles. The van der Waals surface area contributed by atoms with E-state index >= 15 is 0 Å². The first-order chi connectivity index (χ1) is 12.5. The molecule has 0 radical (unpaired) electrons. The Kier molecular flexibility index (Phi) is 6.62. The van der Waals surface area contributed by atoms with Gasteiger partial charge < -0.3 is 10.6 Å². The molecule has 0 bridgehead atoms. The van der Waals surface area contributed by atoms with E-state index in [9.17, 15) is 9.59 Å². The molecule has 2 rings (SSSR count). The van der Waals surface area contributed by atoms with Gasteiger partial charge in [0.25, 0.3) is 0 Å². The van der Waals surface area contributed by atoms with E-state index in [0.29, 0.717) is 10.8 Å². The molecule has 0 saturated heterocycles. The van der Waals surface area contributed by atoms with Gasteiger partial charge in [-0.25, -0.2) is 0 Å². The molecule has 0 aliphatic rings. The maximum absolute atomic E-state index is 12.3. The zero-order chi connectivity index (χ0) is 20.2. The number of hydrogen-bond donors (Lipinski definition) is 2. The number of likely N-dealkylation sites (N-methyl/N-ethyl adjacent to an activating group) is 1. The first-order valence-electron chi connectivity index (χ1n) is 8.63. The van der Waals surface area contributed by atoms with Crippen LogP contribution in [0.3, 0.4) is 0 Å². The van der Waals surface area contributed by atoms with E-state index < -0.39 is 0 Å². The molecular formula is C19H26ClN5O2. The monoisotopic (exact) mass is 391 g/mol. The summed E-state index contributed by atoms with van der Waals surface area (Å²) in [7, 11) is 3.49. The largest absolute Gasteiger partial charge is 0.350 e. The Labute approximate surface area is 164 Å². The Balaban J connectivity index is 1.94. The van der Waals surface area contributed by atoms with Gasteiger partial charge in [-0.15, -0.1) is 0 Å². The summed E-state index contributed by atoms with van der Waals surface area (Å²) >= 11 is 5.91. The van der Waals surface area contributed by atoms with Crippen molar-refractivity contribution in [3.63, 3.8) is 0 Å². The van der Waals surface area contributed by atoms with E-state index in [1.807, 2.05) is 32.9 Å². The smallest absolute Gasteiger partial charge is 0.239 e. The lowest BCUT2D eigenvalue weighted by Crippen LogP contribution is -2.46. The summed E-state index contributed by atoms with van der Waals surface area (Å²) < 4.78 is 1.61. The molecule has 7 nitrogen and oxygen atoms in total. The Morgan fingerprint density at radius 1 is 1.15 bits per heavy atom. The molecule has 1 aromatic carbocycles. The van der Waals surface area contributed by atoms with Gasteiger partial charge in [0.15, 0.2) is 0 Å². The maximum atomic E-state index is 12.3. The van der Waals surface area contributed by atoms with E-state index in [4.69, 9.17) is 11.6 Å². The predicted octanol–water partition coefficient (Wildman–Crippen LogP) is 2.53. The minimum Gasteiger partial charge on any atom is -0.350 e. The number of nitrogens with one attached hydrogen (secondary N) is 2. The summed E-state index contributed by atoms with van der Waals surface area (Å²) in [4.78, 5) is 25.9. The lowest BCUT2D eigenvalue weighted by molar-refractivity contribution is -0.124. The van der Waals surface area contributed by atoms with Crippen LogP contribution in [0, 0.1) is 0 Å². The summed E-state index contributed by atoms with van der Waals surface area (Å²) in [5.41, 5.74) is 1.35. The number of amides is 2. The van der Waals surface area contributed by atoms with Crippen LogP contribution in [-0.2, 0) is 16.6 Å². The zero-order valence-electron chi connectivity index (χ0n) is 16.3. The quantitative estimate of drug-likeness (QED) is 0.793. The van der Waals surface area contributed by atoms with E-state index in [2.05, 4.69) is 15.7 Å². The average Bonchev–Trinajstić information content (AvgIpc) is 2.86. The third kappa shape index (κ3) is 6.69. The molecule has 0 aliphatic heterocycles. The van der Waals surface area contributed by atoms with Crippen LogP contribution in [0.15, 0.2) is 30.3 Å². The molecule has 0 fully saturated rings. The van der Waals surface area contributed by atoms with E-state index in [0.717, 1.165) is 11.3 Å². The van der Waals surface area contributed by atoms with Crippen LogP contribution in [0.25, 0.3) is 11.3 Å². The number of anilines is 1. The molecule has 8 heteroatoms. The van der Waals surface area contributed by atoms with Crippen LogP contribution in [0.5, 0.6) is 0 Å². The van der Waals surface area contributed by atoms with Gasteiger partial charge in [0.05, 0.1) is 18.8 Å². The highest BCUT2D eigenvalue weighted by molar-refractivity contribution is 6.30. The Morgan fingerprint density at radius 2 is 1.74 bits per heavy atom. The molecule has 1 heterocycles. The van der Waals surface area contributed by atoms with Crippen molar-refractivity contribution in [3.05, 3.63) is 35.4 Å². The standard InChI is InChI=1S/C19H26ClN5O2/c1-19(2,3)22-18(27)12-24(4)11-17(26)21-16-10-15(23-25(16)5)13-6-8-14(20)9-7-13/h6-10H,11-12H2,1-5H3,(H,21,26)(H,22,27). The number of benzene rings is 1. The number of carbonyl (C=O) groups is 2. The van der Waals surface area contributed by atoms with Crippen LogP contribution in [0.2, 0.25) is 5.02 Å². The van der Waals surface area contributed by atoms with Gasteiger partial charge in [-0.2, -0.15) is 5.10 Å². The van der Waals surface area contributed by atoms with Gasteiger partial charge in [0, 0.05) is 29.2 Å². The maximum Gasteiger partial charge on any atom is 0.239 e. The fraction of sp³-hybridized carbons (Fsp3) is 0.421. The highest BCUT2D eigenvalue weighted by Crippen LogP contribution is 2.23. The number of nitrogens with zero attached hydrogens (tertiary/aromatic N) is 3. The number of carbonyl (C=O) groups excluding carboxylic acids is 2. The summed E-state index contributed by atoms with van der Waals surface area (Å²) in [5, 5.41) is 10.8. The van der Waals surface area contributed by atoms with Crippen molar-refractivity contribution in [1.82, 2.24) is 20.0 Å². The van der Waals surface area contributed by atoms with Crippen molar-refractivity contribution in [2.45, 2.75) is 26.3 Å². The minimum absolute atomic E-state index is 0.0963. The van der Waals surface area contributed by atoms with Gasteiger partial charge in [0.1, 0.15) is 5.82 Å². The normalized spacial score (nSPS) is 11.5. The highest BCUT2D eigenvalue weighted by Gasteiger charge is 2.17. The molecule has 2 N–H and O–H groups in total. The summed E-state index contributed by atoms with van der Waals surface area (Å²) in [6, 6.07) is 9.13. The summed E-state index contributed by atoms with van der Waals surface area (Å²) in [6.45, 7) is 5.99. The molecule has 146 valence electrons. The molecule has 2 amide bonds. The third-order valence-corrected chi connectivity index (χ3v) is 3.88. The van der Waals surface area contributed by atoms with Crippen LogP contribution in [0.1, 0.15) is 20.8 Å². The second-order valence-electron chi connectivity index (χ2n) is 7.56. The van der Waals surface area contributed by atoms with Crippen molar-refractivity contribution >= 4 is 29.2 Å². The van der Waals surface area contributed by atoms with Gasteiger partial charge >= 0.3 is 0 Å². The Bertz CT molecular complexity index is 808. The van der Waals surface area contributed by atoms with Crippen molar-refractivity contribution in [3.8, 4) is 11.3 Å². The Morgan fingerprint density at radius 3 is 2.33 bits per heavy atom. The number of rotatable bonds is 6. The average molecular weight is 392 g/mol. The van der Waals surface area contributed by atoms with Crippen LogP contribution in [0.4, 0.5) is 5.82 Å². The minimum atomic E-state index is -0.299. The second-order valence-corrected chi connectivity index (χ2v) is 8.00. The topological polar surface area (TPSA) is 79.3 Å². The SMILES string of the molecule is CN(CC(=O)Nc1cc(-c2ccc(Cl)cc2)nn1C)CC(=O)NC(C)(C)C. The van der Waals surface area contributed by atoms with Crippen molar-refractivity contribution in [1.29, 1.82) is 0 Å². The Hall–Kier alpha value is -2.38. The van der Waals surface area contributed by atoms with E-state index in [1.165, 1.54) is 0 Å². The number of aromatic nitrogens is 2. The van der Waals surface area contributed by atoms with Crippen LogP contribution < -0.4 is 10.6 Å². The summed E-state index contributed by atoms with van der Waals surface area (Å²) in [6.07, 6.45) is 0. The van der Waals surface area contributed by atoms with Gasteiger partial charge in [0.2, 0.25) is 11.8 Å². The van der Waals surface area contributed by atoms with E-state index in [1.54, 1.807) is 41.9 Å². The van der Waals surface area contributed by atoms with Crippen molar-refractivity contribution in [2.24, 2.45) is 7.05 Å². The van der Waals surface area contributed by atoms with Crippen LogP contribution in [-0.4, -0.2) is 52.2 Å². The van der Waals surface area contributed by atoms with Gasteiger partial charge in [-0.1, -0.05) is 23.7 Å². The number of halogens is 1. The highest BCUT2D eigenvalue weighted by atomic mass is 35.5. The first-order valence-corrected chi connectivity index (χ1v) is 9.01. The first kappa shape index (κ1) is 20.9. The number of hydrogen-bond acceptors (Lipinski definition) is 4.